The van der Waals surface area contributed by atoms with E-state index in [2.05, 4.69) is 28.2 Å². The molecule has 1 rings (SSSR count). The van der Waals surface area contributed by atoms with Crippen LogP contribution in [0.3, 0.4) is 0 Å². The van der Waals surface area contributed by atoms with E-state index >= 15 is 0 Å². The van der Waals surface area contributed by atoms with Crippen molar-refractivity contribution in [3.05, 3.63) is 0 Å². The number of nitrogens with zero attached hydrogens (tertiary/aromatic N) is 4. The Bertz CT molecular complexity index is 322. The maximum absolute atomic E-state index is 10.6. The first-order valence-electron chi connectivity index (χ1n) is 2.82. The van der Waals surface area contributed by atoms with Gasteiger partial charge in [-0.2, -0.15) is 0 Å². The fourth-order valence-corrected chi connectivity index (χ4v) is 0.657. The number of hydrogen-bond donors (Lipinski definition) is 2. The van der Waals surface area contributed by atoms with Crippen molar-refractivity contribution in [2.45, 2.75) is 11.7 Å². The van der Waals surface area contributed by atoms with Gasteiger partial charge >= 0.3 is 5.97 Å². The Morgan fingerprint density at radius 1 is 1.58 bits per heavy atom. The number of tetrazole rings is 1. The van der Waals surface area contributed by atoms with Crippen LogP contribution in [0.4, 0.5) is 0 Å². The van der Waals surface area contributed by atoms with Crippen molar-refractivity contribution in [2.75, 3.05) is 0 Å². The van der Waals surface area contributed by atoms with Crippen LogP contribution < -0.4 is 0 Å². The van der Waals surface area contributed by atoms with E-state index in [-0.39, 0.29) is 5.16 Å². The largest absolute Gasteiger partial charge is 0.475 e. The molecule has 0 aromatic carbocycles. The van der Waals surface area contributed by atoms with Crippen molar-refractivity contribution in [3.8, 4) is 0 Å². The summed E-state index contributed by atoms with van der Waals surface area (Å²) in [4.78, 5) is 20.7. The number of hydrogen-bond acceptors (Lipinski definition) is 6. The van der Waals surface area contributed by atoms with Gasteiger partial charge in [0.1, 0.15) is 6.54 Å². The maximum Gasteiger partial charge on any atom is 0.374 e. The van der Waals surface area contributed by atoms with Gasteiger partial charge in [-0.15, -0.1) is 17.7 Å². The summed E-state index contributed by atoms with van der Waals surface area (Å²) in [7, 11) is 0. The highest BCUT2D eigenvalue weighted by atomic mass is 32.1. The number of ketones is 1. The van der Waals surface area contributed by atoms with Gasteiger partial charge in [0.2, 0.25) is 5.16 Å². The van der Waals surface area contributed by atoms with Crippen LogP contribution in [-0.2, 0) is 16.1 Å². The average molecular weight is 188 g/mol. The Morgan fingerprint density at radius 3 is 2.67 bits per heavy atom. The molecule has 0 amide bonds. The highest BCUT2D eigenvalue weighted by Crippen LogP contribution is 1.96. The molecule has 1 N–H and O–H groups in total. The molecule has 1 aromatic heterocycles. The molecule has 0 atom stereocenters. The first-order chi connectivity index (χ1) is 5.61. The summed E-state index contributed by atoms with van der Waals surface area (Å²) in [5.74, 6) is -2.50. The van der Waals surface area contributed by atoms with E-state index in [1.807, 2.05) is 0 Å². The second-order valence-electron chi connectivity index (χ2n) is 1.86. The zero-order valence-electron chi connectivity index (χ0n) is 5.71. The molecule has 0 aliphatic carbocycles. The molecule has 0 spiro atoms. The number of carboxylic acids is 1. The van der Waals surface area contributed by atoms with Gasteiger partial charge in [-0.25, -0.2) is 9.48 Å². The molecule has 0 radical (unpaired) electrons. The molecule has 8 heteroatoms. The van der Waals surface area contributed by atoms with Crippen LogP contribution in [0.2, 0.25) is 0 Å². The second kappa shape index (κ2) is 3.30. The third-order valence-electron chi connectivity index (χ3n) is 1.04. The number of aliphatic carboxylic acids is 1. The lowest BCUT2D eigenvalue weighted by molar-refractivity contribution is -0.149. The minimum absolute atomic E-state index is 0.101. The number of rotatable bonds is 3. The molecule has 0 saturated heterocycles. The van der Waals surface area contributed by atoms with E-state index in [0.717, 1.165) is 4.68 Å². The van der Waals surface area contributed by atoms with Crippen LogP contribution in [0.15, 0.2) is 5.16 Å². The molecule has 1 heterocycles. The van der Waals surface area contributed by atoms with Gasteiger partial charge in [0.25, 0.3) is 5.78 Å². The van der Waals surface area contributed by atoms with Crippen LogP contribution in [-0.4, -0.2) is 37.1 Å². The molecule has 0 fully saturated rings. The fraction of sp³-hybridized carbons (Fsp3) is 0.250. The van der Waals surface area contributed by atoms with E-state index in [9.17, 15) is 9.59 Å². The molecule has 7 nitrogen and oxygen atoms in total. The Hall–Kier alpha value is -1.44. The van der Waals surface area contributed by atoms with Gasteiger partial charge in [0.15, 0.2) is 0 Å². The minimum Gasteiger partial charge on any atom is -0.475 e. The molecular formula is C4H4N4O3S. The lowest BCUT2D eigenvalue weighted by Gasteiger charge is -1.94. The van der Waals surface area contributed by atoms with E-state index in [1.54, 1.807) is 0 Å². The molecule has 0 aliphatic rings. The summed E-state index contributed by atoms with van der Waals surface area (Å²) >= 11 is 3.77. The molecule has 0 bridgehead atoms. The summed E-state index contributed by atoms with van der Waals surface area (Å²) < 4.78 is 0.986. The third kappa shape index (κ3) is 1.78. The van der Waals surface area contributed by atoms with Crippen molar-refractivity contribution >= 4 is 24.4 Å². The smallest absolute Gasteiger partial charge is 0.374 e. The van der Waals surface area contributed by atoms with Crippen LogP contribution in [0, 0.1) is 0 Å². The molecule has 0 unspecified atom stereocenters. The summed E-state index contributed by atoms with van der Waals surface area (Å²) in [6.45, 7) is -0.402. The van der Waals surface area contributed by atoms with E-state index in [4.69, 9.17) is 5.11 Å². The van der Waals surface area contributed by atoms with Gasteiger partial charge in [-0.1, -0.05) is 0 Å². The van der Waals surface area contributed by atoms with Crippen LogP contribution in [0.5, 0.6) is 0 Å². The van der Waals surface area contributed by atoms with Crippen molar-refractivity contribution in [1.82, 2.24) is 20.2 Å². The van der Waals surface area contributed by atoms with E-state index < -0.39 is 18.3 Å². The molecule has 64 valence electrons. The van der Waals surface area contributed by atoms with Gasteiger partial charge in [0, 0.05) is 0 Å². The topological polar surface area (TPSA) is 98.0 Å². The Balaban J connectivity index is 2.71. The van der Waals surface area contributed by atoms with E-state index in [1.165, 1.54) is 0 Å². The molecule has 1 aromatic rings. The van der Waals surface area contributed by atoms with Gasteiger partial charge in [-0.3, -0.25) is 4.79 Å². The number of thiol groups is 1. The van der Waals surface area contributed by atoms with Gasteiger partial charge in [0.05, 0.1) is 0 Å². The quantitative estimate of drug-likeness (QED) is 0.448. The number of aromatic nitrogens is 4. The summed E-state index contributed by atoms with van der Waals surface area (Å²) in [6, 6.07) is 0. The number of carbonyl (C=O) groups excluding carboxylic acids is 1. The fourth-order valence-electron chi connectivity index (χ4n) is 0.506. The number of Topliss-reactive ketones (excluding diaryl/α,β-unsaturated/α-hetero) is 1. The van der Waals surface area contributed by atoms with Crippen molar-refractivity contribution in [1.29, 1.82) is 0 Å². The first kappa shape index (κ1) is 8.65. The zero-order valence-corrected chi connectivity index (χ0v) is 6.60. The van der Waals surface area contributed by atoms with Crippen molar-refractivity contribution in [3.63, 3.8) is 0 Å². The summed E-state index contributed by atoms with van der Waals surface area (Å²) in [5.41, 5.74) is 0. The summed E-state index contributed by atoms with van der Waals surface area (Å²) in [5, 5.41) is 18.2. The lowest BCUT2D eigenvalue weighted by atomic mass is 10.4. The zero-order chi connectivity index (χ0) is 9.14. The lowest BCUT2D eigenvalue weighted by Crippen LogP contribution is -2.20. The normalized spacial score (nSPS) is 9.75. The Labute approximate surface area is 71.8 Å². The number of carboxylic acid groups (broad SMARTS) is 1. The van der Waals surface area contributed by atoms with Gasteiger partial charge < -0.3 is 5.11 Å². The minimum atomic E-state index is -1.52. The SMILES string of the molecule is O=C(O)C(=O)Cn1nnnc1S. The third-order valence-corrected chi connectivity index (χ3v) is 1.37. The van der Waals surface area contributed by atoms with Crippen LogP contribution in [0.25, 0.3) is 0 Å². The number of carbonyl (C=O) groups is 2. The molecule has 12 heavy (non-hydrogen) atoms. The monoisotopic (exact) mass is 188 g/mol. The highest BCUT2D eigenvalue weighted by Gasteiger charge is 2.14. The average Bonchev–Trinajstić information content (AvgIpc) is 2.36. The Morgan fingerprint density at radius 2 is 2.25 bits per heavy atom. The first-order valence-corrected chi connectivity index (χ1v) is 3.27. The highest BCUT2D eigenvalue weighted by molar-refractivity contribution is 7.80. The predicted molar refractivity (Wildman–Crippen MR) is 37.7 cm³/mol. The van der Waals surface area contributed by atoms with Crippen LogP contribution >= 0.6 is 12.6 Å². The van der Waals surface area contributed by atoms with Crippen LogP contribution in [0.1, 0.15) is 0 Å². The van der Waals surface area contributed by atoms with Crippen molar-refractivity contribution in [2.24, 2.45) is 0 Å². The predicted octanol–water partition coefficient (Wildman–Crippen LogP) is -1.38. The Kier molecular flexibility index (Phi) is 2.38. The van der Waals surface area contributed by atoms with Crippen molar-refractivity contribution < 1.29 is 14.7 Å². The molecular weight excluding hydrogens is 184 g/mol. The maximum atomic E-state index is 10.6. The second-order valence-corrected chi connectivity index (χ2v) is 2.26. The van der Waals surface area contributed by atoms with E-state index in [0.29, 0.717) is 0 Å². The summed E-state index contributed by atoms with van der Waals surface area (Å²) in [6.07, 6.45) is 0. The standard InChI is InChI=1S/C4H4N4O3S/c9-2(3(10)11)1-8-4(12)5-6-7-8/h1H2,(H,10,11)(H,5,7,12). The molecule has 0 aliphatic heterocycles. The molecule has 0 saturated carbocycles. The van der Waals surface area contributed by atoms with Gasteiger partial charge in [-0.05, 0) is 10.4 Å².